The summed E-state index contributed by atoms with van der Waals surface area (Å²) in [6, 6.07) is 10.2. The molecule has 1 unspecified atom stereocenters. The Bertz CT molecular complexity index is 435. The van der Waals surface area contributed by atoms with Gasteiger partial charge in [-0.25, -0.2) is 0 Å². The molecular formula is C17H25NO3. The molecule has 1 fully saturated rings. The average Bonchev–Trinajstić information content (AvgIpc) is 2.52. The maximum absolute atomic E-state index is 10.9. The predicted molar refractivity (Wildman–Crippen MR) is 82.1 cm³/mol. The van der Waals surface area contributed by atoms with E-state index < -0.39 is 5.97 Å². The summed E-state index contributed by atoms with van der Waals surface area (Å²) in [4.78, 5) is 13.2. The number of piperidine rings is 1. The van der Waals surface area contributed by atoms with E-state index in [4.69, 9.17) is 9.84 Å². The first kappa shape index (κ1) is 16.0. The zero-order valence-corrected chi connectivity index (χ0v) is 12.7. The van der Waals surface area contributed by atoms with E-state index in [1.165, 1.54) is 5.56 Å². The summed E-state index contributed by atoms with van der Waals surface area (Å²) in [6.45, 7) is 5.25. The molecule has 1 aromatic carbocycles. The van der Waals surface area contributed by atoms with E-state index in [1.54, 1.807) is 6.92 Å². The van der Waals surface area contributed by atoms with Gasteiger partial charge in [0.1, 0.15) is 0 Å². The molecule has 21 heavy (non-hydrogen) atoms. The molecule has 1 N–H and O–H groups in total. The van der Waals surface area contributed by atoms with Gasteiger partial charge in [0.2, 0.25) is 0 Å². The highest BCUT2D eigenvalue weighted by atomic mass is 16.5. The van der Waals surface area contributed by atoms with Crippen LogP contribution in [-0.2, 0) is 16.1 Å². The minimum absolute atomic E-state index is 0.263. The van der Waals surface area contributed by atoms with Crippen molar-refractivity contribution < 1.29 is 14.6 Å². The van der Waals surface area contributed by atoms with Crippen molar-refractivity contribution in [1.82, 2.24) is 4.90 Å². The minimum Gasteiger partial charge on any atom is -0.481 e. The Hall–Kier alpha value is -1.39. The molecule has 4 heteroatoms. The summed E-state index contributed by atoms with van der Waals surface area (Å²) < 4.78 is 6.00. The molecule has 0 spiro atoms. The zero-order chi connectivity index (χ0) is 15.1. The molecule has 0 bridgehead atoms. The summed E-state index contributed by atoms with van der Waals surface area (Å²) in [5.41, 5.74) is 1.20. The van der Waals surface area contributed by atoms with E-state index in [0.717, 1.165) is 32.5 Å². The lowest BCUT2D eigenvalue weighted by molar-refractivity contribution is -0.141. The maximum Gasteiger partial charge on any atom is 0.306 e. The number of likely N-dealkylation sites (tertiary alicyclic amines) is 1. The topological polar surface area (TPSA) is 49.8 Å². The number of carboxylic acids is 1. The third kappa shape index (κ3) is 5.48. The molecule has 0 aliphatic carbocycles. The fourth-order valence-corrected chi connectivity index (χ4v) is 2.64. The van der Waals surface area contributed by atoms with E-state index in [-0.39, 0.29) is 12.0 Å². The van der Waals surface area contributed by atoms with Crippen LogP contribution in [0, 0.1) is 5.92 Å². The molecule has 4 nitrogen and oxygen atoms in total. The van der Waals surface area contributed by atoms with Crippen LogP contribution in [0.3, 0.4) is 0 Å². The third-order valence-corrected chi connectivity index (χ3v) is 4.09. The number of rotatable bonds is 7. The largest absolute Gasteiger partial charge is 0.481 e. The second-order valence-corrected chi connectivity index (χ2v) is 5.89. The van der Waals surface area contributed by atoms with Gasteiger partial charge in [0.25, 0.3) is 0 Å². The maximum atomic E-state index is 10.9. The number of nitrogens with zero attached hydrogens (tertiary/aromatic N) is 1. The van der Waals surface area contributed by atoms with E-state index >= 15 is 0 Å². The lowest BCUT2D eigenvalue weighted by atomic mass is 10.0. The molecule has 0 radical (unpaired) electrons. The summed E-state index contributed by atoms with van der Waals surface area (Å²) in [7, 11) is 0. The predicted octanol–water partition coefficient (Wildman–Crippen LogP) is 2.78. The van der Waals surface area contributed by atoms with Crippen molar-refractivity contribution in [3.8, 4) is 0 Å². The van der Waals surface area contributed by atoms with Gasteiger partial charge < -0.3 is 14.7 Å². The van der Waals surface area contributed by atoms with Crippen molar-refractivity contribution in [2.45, 2.75) is 38.9 Å². The number of ether oxygens (including phenoxy) is 1. The Balaban J connectivity index is 1.72. The van der Waals surface area contributed by atoms with Crippen molar-refractivity contribution in [1.29, 1.82) is 0 Å². The number of carbonyl (C=O) groups is 1. The molecule has 1 aromatic rings. The van der Waals surface area contributed by atoms with Gasteiger partial charge in [-0.1, -0.05) is 37.3 Å². The monoisotopic (exact) mass is 291 g/mol. The summed E-state index contributed by atoms with van der Waals surface area (Å²) in [5.74, 6) is -0.973. The smallest absolute Gasteiger partial charge is 0.306 e. The van der Waals surface area contributed by atoms with Crippen LogP contribution < -0.4 is 0 Å². The normalized spacial score (nSPS) is 21.1. The lowest BCUT2D eigenvalue weighted by Gasteiger charge is -2.33. The van der Waals surface area contributed by atoms with Gasteiger partial charge in [0.05, 0.1) is 18.6 Å². The van der Waals surface area contributed by atoms with Gasteiger partial charge in [0, 0.05) is 6.54 Å². The number of carboxylic acid groups (broad SMARTS) is 1. The summed E-state index contributed by atoms with van der Waals surface area (Å²) in [6.07, 6.45) is 3.19. The summed E-state index contributed by atoms with van der Waals surface area (Å²) in [5, 5.41) is 8.93. The van der Waals surface area contributed by atoms with E-state index in [0.29, 0.717) is 13.0 Å². The first-order valence-electron chi connectivity index (χ1n) is 7.76. The summed E-state index contributed by atoms with van der Waals surface area (Å²) >= 11 is 0. The van der Waals surface area contributed by atoms with Crippen LogP contribution in [0.2, 0.25) is 0 Å². The second kappa shape index (κ2) is 8.15. The van der Waals surface area contributed by atoms with Crippen molar-refractivity contribution >= 4 is 5.97 Å². The first-order chi connectivity index (χ1) is 10.1. The standard InChI is InChI=1S/C17H25NO3/c1-14(17(19)20)9-11-18-10-5-8-16(12-18)21-13-15-6-3-2-4-7-15/h2-4,6-7,14,16H,5,8-13H2,1H3,(H,19,20)/t14?,16-/m1/s1. The van der Waals surface area contributed by atoms with Crippen LogP contribution in [0.15, 0.2) is 30.3 Å². The molecule has 1 aliphatic heterocycles. The van der Waals surface area contributed by atoms with Crippen LogP contribution in [0.1, 0.15) is 31.7 Å². The zero-order valence-electron chi connectivity index (χ0n) is 12.7. The van der Waals surface area contributed by atoms with Crippen LogP contribution in [0.25, 0.3) is 0 Å². The Morgan fingerprint density at radius 2 is 2.19 bits per heavy atom. The Labute approximate surface area is 126 Å². The lowest BCUT2D eigenvalue weighted by Crippen LogP contribution is -2.40. The minimum atomic E-state index is -0.705. The van der Waals surface area contributed by atoms with Crippen molar-refractivity contribution in [2.24, 2.45) is 5.92 Å². The van der Waals surface area contributed by atoms with Crippen molar-refractivity contribution in [2.75, 3.05) is 19.6 Å². The van der Waals surface area contributed by atoms with Crippen molar-refractivity contribution in [3.05, 3.63) is 35.9 Å². The third-order valence-electron chi connectivity index (χ3n) is 4.09. The molecule has 116 valence electrons. The molecule has 2 rings (SSSR count). The SMILES string of the molecule is CC(CCN1CCC[C@@H](OCc2ccccc2)C1)C(=O)O. The molecule has 1 heterocycles. The highest BCUT2D eigenvalue weighted by Gasteiger charge is 2.21. The Morgan fingerprint density at radius 3 is 2.90 bits per heavy atom. The van der Waals surface area contributed by atoms with Crippen LogP contribution in [0.5, 0.6) is 0 Å². The van der Waals surface area contributed by atoms with Gasteiger partial charge in [-0.05, 0) is 37.9 Å². The second-order valence-electron chi connectivity index (χ2n) is 5.89. The van der Waals surface area contributed by atoms with Crippen LogP contribution >= 0.6 is 0 Å². The van der Waals surface area contributed by atoms with Crippen LogP contribution in [-0.4, -0.2) is 41.7 Å². The number of benzene rings is 1. The molecule has 0 amide bonds. The highest BCUT2D eigenvalue weighted by molar-refractivity contribution is 5.69. The molecule has 2 atom stereocenters. The molecule has 0 aromatic heterocycles. The number of aliphatic carboxylic acids is 1. The van der Waals surface area contributed by atoms with E-state index in [2.05, 4.69) is 17.0 Å². The number of hydrogen-bond acceptors (Lipinski definition) is 3. The quantitative estimate of drug-likeness (QED) is 0.839. The highest BCUT2D eigenvalue weighted by Crippen LogP contribution is 2.16. The van der Waals surface area contributed by atoms with Gasteiger partial charge >= 0.3 is 5.97 Å². The fraction of sp³-hybridized carbons (Fsp3) is 0.588. The first-order valence-corrected chi connectivity index (χ1v) is 7.76. The van der Waals surface area contributed by atoms with Gasteiger partial charge in [-0.2, -0.15) is 0 Å². The molecule has 1 aliphatic rings. The van der Waals surface area contributed by atoms with Gasteiger partial charge in [-0.15, -0.1) is 0 Å². The Kier molecular flexibility index (Phi) is 6.21. The molecule has 1 saturated heterocycles. The number of hydrogen-bond donors (Lipinski definition) is 1. The Morgan fingerprint density at radius 1 is 1.43 bits per heavy atom. The molecular weight excluding hydrogens is 266 g/mol. The average molecular weight is 291 g/mol. The van der Waals surface area contributed by atoms with E-state index in [9.17, 15) is 4.79 Å². The fourth-order valence-electron chi connectivity index (χ4n) is 2.64. The van der Waals surface area contributed by atoms with Gasteiger partial charge in [0.15, 0.2) is 0 Å². The van der Waals surface area contributed by atoms with Gasteiger partial charge in [-0.3, -0.25) is 4.79 Å². The van der Waals surface area contributed by atoms with Crippen LogP contribution in [0.4, 0.5) is 0 Å². The molecule has 0 saturated carbocycles. The van der Waals surface area contributed by atoms with Crippen molar-refractivity contribution in [3.63, 3.8) is 0 Å². The van der Waals surface area contributed by atoms with E-state index in [1.807, 2.05) is 18.2 Å².